The molecular weight excluding hydrogens is 288 g/mol. The lowest BCUT2D eigenvalue weighted by Crippen LogP contribution is -2.32. The van der Waals surface area contributed by atoms with Gasteiger partial charge in [0.15, 0.2) is 0 Å². The second kappa shape index (κ2) is 6.49. The number of pyridine rings is 1. The quantitative estimate of drug-likeness (QED) is 0.881. The largest absolute Gasteiger partial charge is 0.496 e. The van der Waals surface area contributed by atoms with Gasteiger partial charge in [-0.1, -0.05) is 0 Å². The summed E-state index contributed by atoms with van der Waals surface area (Å²) in [6.45, 7) is 0. The minimum Gasteiger partial charge on any atom is -0.496 e. The predicted octanol–water partition coefficient (Wildman–Crippen LogP) is 2.38. The van der Waals surface area contributed by atoms with Gasteiger partial charge in [-0.3, -0.25) is 9.59 Å². The summed E-state index contributed by atoms with van der Waals surface area (Å²) in [7, 11) is 3.06. The Balaban J connectivity index is 2.37. The van der Waals surface area contributed by atoms with Crippen LogP contribution >= 0.6 is 11.8 Å². The van der Waals surface area contributed by atoms with Crippen molar-refractivity contribution in [3.05, 3.63) is 52.4 Å². The number of nitrogens with one attached hydrogen (secondary N) is 1. The van der Waals surface area contributed by atoms with E-state index >= 15 is 0 Å². The van der Waals surface area contributed by atoms with Crippen LogP contribution in [-0.4, -0.2) is 31.3 Å². The molecule has 0 saturated heterocycles. The van der Waals surface area contributed by atoms with Crippen LogP contribution < -0.4 is 15.2 Å². The van der Waals surface area contributed by atoms with Gasteiger partial charge in [-0.25, -0.2) is 0 Å². The van der Waals surface area contributed by atoms with Gasteiger partial charge in [0.25, 0.3) is 11.5 Å². The lowest BCUT2D eigenvalue weighted by atomic mass is 10.2. The average Bonchev–Trinajstić information content (AvgIpc) is 2.53. The van der Waals surface area contributed by atoms with Gasteiger partial charge in [-0.05, 0) is 36.6 Å². The molecule has 0 bridgehead atoms. The molecule has 0 radical (unpaired) electrons. The number of methoxy groups -OCH3 is 1. The highest BCUT2D eigenvalue weighted by atomic mass is 32.2. The van der Waals surface area contributed by atoms with Crippen LogP contribution in [0.25, 0.3) is 0 Å². The van der Waals surface area contributed by atoms with Gasteiger partial charge in [-0.15, -0.1) is 11.8 Å². The van der Waals surface area contributed by atoms with E-state index in [4.69, 9.17) is 4.74 Å². The van der Waals surface area contributed by atoms with E-state index in [-0.39, 0.29) is 11.3 Å². The topological polar surface area (TPSA) is 62.4 Å². The van der Waals surface area contributed by atoms with Gasteiger partial charge in [0.1, 0.15) is 11.3 Å². The van der Waals surface area contributed by atoms with Crippen LogP contribution in [0, 0.1) is 0 Å². The number of thioether (sulfide) groups is 1. The molecule has 0 atom stereocenters. The van der Waals surface area contributed by atoms with Crippen LogP contribution in [0.2, 0.25) is 0 Å². The van der Waals surface area contributed by atoms with E-state index < -0.39 is 11.5 Å². The number of nitrogens with zero attached hydrogens (tertiary/aromatic N) is 1. The van der Waals surface area contributed by atoms with E-state index in [1.165, 1.54) is 18.2 Å². The van der Waals surface area contributed by atoms with Crippen LogP contribution in [0.3, 0.4) is 0 Å². The molecular formula is C15H16N2O3S. The maximum atomic E-state index is 12.5. The number of ether oxygens (including phenoxy) is 1. The Morgan fingerprint density at radius 3 is 2.48 bits per heavy atom. The minimum atomic E-state index is -0.466. The smallest absolute Gasteiger partial charge is 0.267 e. The van der Waals surface area contributed by atoms with Crippen molar-refractivity contribution in [1.82, 2.24) is 4.98 Å². The van der Waals surface area contributed by atoms with Crippen molar-refractivity contribution in [2.24, 2.45) is 0 Å². The fourth-order valence-corrected chi connectivity index (χ4v) is 2.33. The molecule has 0 fully saturated rings. The number of hydrogen-bond donors (Lipinski definition) is 1. The summed E-state index contributed by atoms with van der Waals surface area (Å²) >= 11 is 1.62. The minimum absolute atomic E-state index is 0.00329. The van der Waals surface area contributed by atoms with E-state index in [1.54, 1.807) is 24.9 Å². The van der Waals surface area contributed by atoms with E-state index in [1.807, 2.05) is 30.5 Å². The van der Waals surface area contributed by atoms with E-state index in [0.29, 0.717) is 5.69 Å². The predicted molar refractivity (Wildman–Crippen MR) is 84.6 cm³/mol. The first-order valence-corrected chi connectivity index (χ1v) is 7.48. The van der Waals surface area contributed by atoms with Crippen molar-refractivity contribution in [2.75, 3.05) is 25.3 Å². The molecule has 5 nitrogen and oxygen atoms in total. The van der Waals surface area contributed by atoms with Crippen LogP contribution in [0.1, 0.15) is 10.4 Å². The third-order valence-corrected chi connectivity index (χ3v) is 3.86. The number of aromatic nitrogens is 1. The van der Waals surface area contributed by atoms with Crippen molar-refractivity contribution >= 4 is 23.4 Å². The summed E-state index contributed by atoms with van der Waals surface area (Å²) in [6.07, 6.45) is 3.43. The molecule has 0 aliphatic heterocycles. The van der Waals surface area contributed by atoms with E-state index in [9.17, 15) is 9.59 Å². The Hall–Kier alpha value is -2.21. The Morgan fingerprint density at radius 2 is 1.90 bits per heavy atom. The summed E-state index contributed by atoms with van der Waals surface area (Å²) in [4.78, 5) is 29.4. The van der Waals surface area contributed by atoms with Crippen molar-refractivity contribution < 1.29 is 9.53 Å². The monoisotopic (exact) mass is 304 g/mol. The SMILES string of the molecule is COc1cc[nH]c(=O)c1C(=O)N(C)c1ccc(SC)cc1. The van der Waals surface area contributed by atoms with Gasteiger partial charge in [0, 0.05) is 23.8 Å². The van der Waals surface area contributed by atoms with Crippen molar-refractivity contribution in [3.8, 4) is 5.75 Å². The number of hydrogen-bond acceptors (Lipinski definition) is 4. The second-order valence-electron chi connectivity index (χ2n) is 4.31. The number of H-pyrrole nitrogens is 1. The van der Waals surface area contributed by atoms with Gasteiger partial charge in [0.05, 0.1) is 7.11 Å². The molecule has 1 aromatic carbocycles. The van der Waals surface area contributed by atoms with Crippen molar-refractivity contribution in [2.45, 2.75) is 4.90 Å². The zero-order chi connectivity index (χ0) is 15.4. The standard InChI is InChI=1S/C15H16N2O3S/c1-17(10-4-6-11(21-3)7-5-10)15(19)13-12(20-2)8-9-16-14(13)18/h4-9H,1-3H3,(H,16,18). The van der Waals surface area contributed by atoms with Gasteiger partial charge >= 0.3 is 0 Å². The summed E-state index contributed by atoms with van der Waals surface area (Å²) in [5.41, 5.74) is 0.242. The molecule has 0 spiro atoms. The lowest BCUT2D eigenvalue weighted by Gasteiger charge is -2.18. The maximum Gasteiger partial charge on any atom is 0.267 e. The van der Waals surface area contributed by atoms with Crippen LogP contribution in [-0.2, 0) is 0 Å². The molecule has 0 aliphatic carbocycles. The number of carbonyl (C=O) groups excluding carboxylic acids is 1. The van der Waals surface area contributed by atoms with Crippen molar-refractivity contribution in [1.29, 1.82) is 0 Å². The molecule has 0 unspecified atom stereocenters. The zero-order valence-corrected chi connectivity index (χ0v) is 12.9. The highest BCUT2D eigenvalue weighted by Gasteiger charge is 2.21. The molecule has 1 N–H and O–H groups in total. The first-order valence-electron chi connectivity index (χ1n) is 6.26. The fraction of sp³-hybridized carbons (Fsp3) is 0.200. The maximum absolute atomic E-state index is 12.5. The Bertz CT molecular complexity index is 695. The number of aromatic amines is 1. The molecule has 0 aliphatic rings. The Kier molecular flexibility index (Phi) is 4.70. The third kappa shape index (κ3) is 3.11. The number of anilines is 1. The average molecular weight is 304 g/mol. The number of benzene rings is 1. The molecule has 2 rings (SSSR count). The highest BCUT2D eigenvalue weighted by molar-refractivity contribution is 7.98. The molecule has 1 aromatic heterocycles. The number of carbonyl (C=O) groups is 1. The lowest BCUT2D eigenvalue weighted by molar-refractivity contribution is 0.0988. The molecule has 1 heterocycles. The summed E-state index contributed by atoms with van der Waals surface area (Å²) < 4.78 is 5.10. The Morgan fingerprint density at radius 1 is 1.24 bits per heavy atom. The van der Waals surface area contributed by atoms with E-state index in [2.05, 4.69) is 4.98 Å². The van der Waals surface area contributed by atoms with Gasteiger partial charge in [-0.2, -0.15) is 0 Å². The molecule has 21 heavy (non-hydrogen) atoms. The third-order valence-electron chi connectivity index (χ3n) is 3.12. The number of amides is 1. The Labute approximate surface area is 126 Å². The van der Waals surface area contributed by atoms with Crippen LogP contribution in [0.5, 0.6) is 5.75 Å². The molecule has 110 valence electrons. The second-order valence-corrected chi connectivity index (χ2v) is 5.19. The molecule has 2 aromatic rings. The summed E-state index contributed by atoms with van der Waals surface area (Å²) in [6, 6.07) is 9.09. The zero-order valence-electron chi connectivity index (χ0n) is 12.0. The van der Waals surface area contributed by atoms with E-state index in [0.717, 1.165) is 4.90 Å². The van der Waals surface area contributed by atoms with Crippen LogP contribution in [0.15, 0.2) is 46.2 Å². The first-order chi connectivity index (χ1) is 10.1. The highest BCUT2D eigenvalue weighted by Crippen LogP contribution is 2.22. The summed E-state index contributed by atoms with van der Waals surface area (Å²) in [5, 5.41) is 0. The summed E-state index contributed by atoms with van der Waals surface area (Å²) in [5.74, 6) is -0.151. The molecule has 1 amide bonds. The van der Waals surface area contributed by atoms with Gasteiger partial charge < -0.3 is 14.6 Å². The number of rotatable bonds is 4. The molecule has 6 heteroatoms. The van der Waals surface area contributed by atoms with Gasteiger partial charge in [0.2, 0.25) is 0 Å². The molecule has 0 saturated carbocycles. The van der Waals surface area contributed by atoms with Crippen molar-refractivity contribution in [3.63, 3.8) is 0 Å². The first kappa shape index (κ1) is 15.2. The normalized spacial score (nSPS) is 10.2. The fourth-order valence-electron chi connectivity index (χ4n) is 1.92. The van der Waals surface area contributed by atoms with Crippen LogP contribution in [0.4, 0.5) is 5.69 Å².